The lowest BCUT2D eigenvalue weighted by Gasteiger charge is -2.14. The molecule has 1 rings (SSSR count). The van der Waals surface area contributed by atoms with Crippen LogP contribution in [0, 0.1) is 12.3 Å². The Hall–Kier alpha value is -1.99. The Kier molecular flexibility index (Phi) is 4.20. The average molecular weight is 204 g/mol. The third kappa shape index (κ3) is 4.16. The van der Waals surface area contributed by atoms with E-state index in [0.717, 1.165) is 0 Å². The van der Waals surface area contributed by atoms with Gasteiger partial charge in [0, 0.05) is 7.05 Å². The minimum absolute atomic E-state index is 0.323. The van der Waals surface area contributed by atoms with Crippen molar-refractivity contribution < 1.29 is 9.53 Å². The SMILES string of the molecule is C#CCN(C)NC(=O)Oc1ccccc1. The number of terminal acetylenes is 1. The zero-order chi connectivity index (χ0) is 11.1. The van der Waals surface area contributed by atoms with E-state index in [4.69, 9.17) is 11.2 Å². The van der Waals surface area contributed by atoms with Crippen molar-refractivity contribution in [1.29, 1.82) is 0 Å². The fraction of sp³-hybridized carbons (Fsp3) is 0.182. The monoisotopic (exact) mass is 204 g/mol. The van der Waals surface area contributed by atoms with Gasteiger partial charge in [-0.25, -0.2) is 9.80 Å². The number of carbonyl (C=O) groups is 1. The van der Waals surface area contributed by atoms with Gasteiger partial charge < -0.3 is 4.74 Å². The molecule has 15 heavy (non-hydrogen) atoms. The molecule has 1 aromatic carbocycles. The molecule has 0 bridgehead atoms. The Balaban J connectivity index is 2.41. The van der Waals surface area contributed by atoms with Gasteiger partial charge in [0.1, 0.15) is 5.75 Å². The van der Waals surface area contributed by atoms with E-state index in [1.54, 1.807) is 31.3 Å². The summed E-state index contributed by atoms with van der Waals surface area (Å²) in [5.74, 6) is 2.88. The number of nitrogens with zero attached hydrogens (tertiary/aromatic N) is 1. The van der Waals surface area contributed by atoms with Crippen LogP contribution < -0.4 is 10.2 Å². The maximum atomic E-state index is 11.3. The summed E-state index contributed by atoms with van der Waals surface area (Å²) in [7, 11) is 1.66. The highest BCUT2D eigenvalue weighted by molar-refractivity contribution is 5.69. The maximum Gasteiger partial charge on any atom is 0.427 e. The third-order valence-electron chi connectivity index (χ3n) is 1.56. The summed E-state index contributed by atoms with van der Waals surface area (Å²) in [4.78, 5) is 11.3. The van der Waals surface area contributed by atoms with Gasteiger partial charge in [0.25, 0.3) is 0 Å². The molecule has 0 aliphatic rings. The summed E-state index contributed by atoms with van der Waals surface area (Å²) in [6, 6.07) is 8.80. The van der Waals surface area contributed by atoms with Crippen LogP contribution in [0.1, 0.15) is 0 Å². The van der Waals surface area contributed by atoms with Crippen molar-refractivity contribution in [2.24, 2.45) is 0 Å². The van der Waals surface area contributed by atoms with Crippen LogP contribution in [0.5, 0.6) is 5.75 Å². The van der Waals surface area contributed by atoms with Gasteiger partial charge in [-0.3, -0.25) is 5.43 Å². The summed E-state index contributed by atoms with van der Waals surface area (Å²) in [5.41, 5.74) is 2.46. The Morgan fingerprint density at radius 2 is 2.20 bits per heavy atom. The topological polar surface area (TPSA) is 41.6 Å². The van der Waals surface area contributed by atoms with Gasteiger partial charge >= 0.3 is 6.09 Å². The molecule has 0 fully saturated rings. The van der Waals surface area contributed by atoms with Crippen molar-refractivity contribution in [2.75, 3.05) is 13.6 Å². The molecule has 4 heteroatoms. The molecule has 0 saturated heterocycles. The zero-order valence-electron chi connectivity index (χ0n) is 8.43. The number of para-hydroxylation sites is 1. The predicted molar refractivity (Wildman–Crippen MR) is 57.1 cm³/mol. The van der Waals surface area contributed by atoms with Crippen molar-refractivity contribution in [3.05, 3.63) is 30.3 Å². The van der Waals surface area contributed by atoms with Crippen LogP contribution in [-0.4, -0.2) is 24.7 Å². The largest absolute Gasteiger partial charge is 0.427 e. The Morgan fingerprint density at radius 1 is 1.53 bits per heavy atom. The van der Waals surface area contributed by atoms with Crippen LogP contribution in [-0.2, 0) is 0 Å². The van der Waals surface area contributed by atoms with Crippen LogP contribution >= 0.6 is 0 Å². The summed E-state index contributed by atoms with van der Waals surface area (Å²) in [5, 5.41) is 1.46. The zero-order valence-corrected chi connectivity index (χ0v) is 8.43. The van der Waals surface area contributed by atoms with Crippen molar-refractivity contribution in [1.82, 2.24) is 10.4 Å². The van der Waals surface area contributed by atoms with E-state index in [9.17, 15) is 4.79 Å². The fourth-order valence-electron chi connectivity index (χ4n) is 0.951. The first-order valence-corrected chi connectivity index (χ1v) is 4.40. The van der Waals surface area contributed by atoms with Gasteiger partial charge in [-0.15, -0.1) is 6.42 Å². The standard InChI is InChI=1S/C11H12N2O2/c1-3-9-13(2)12-11(14)15-10-7-5-4-6-8-10/h1,4-8H,9H2,2H3,(H,12,14). The first kappa shape index (κ1) is 11.1. The lowest BCUT2D eigenvalue weighted by molar-refractivity contribution is 0.166. The molecule has 1 aromatic rings. The van der Waals surface area contributed by atoms with Crippen molar-refractivity contribution >= 4 is 6.09 Å². The van der Waals surface area contributed by atoms with Crippen molar-refractivity contribution in [2.45, 2.75) is 0 Å². The van der Waals surface area contributed by atoms with Crippen LogP contribution in [0.2, 0.25) is 0 Å². The number of ether oxygens (including phenoxy) is 1. The van der Waals surface area contributed by atoms with Gasteiger partial charge in [-0.2, -0.15) is 0 Å². The number of hydrazine groups is 1. The molecule has 0 aromatic heterocycles. The van der Waals surface area contributed by atoms with E-state index >= 15 is 0 Å². The third-order valence-corrected chi connectivity index (χ3v) is 1.56. The second-order valence-corrected chi connectivity index (χ2v) is 2.87. The number of hydrogen-bond donors (Lipinski definition) is 1. The minimum Gasteiger partial charge on any atom is -0.409 e. The number of benzene rings is 1. The first-order chi connectivity index (χ1) is 7.22. The lowest BCUT2D eigenvalue weighted by atomic mass is 10.3. The van der Waals surface area contributed by atoms with Gasteiger partial charge in [-0.05, 0) is 12.1 Å². The van der Waals surface area contributed by atoms with E-state index in [1.165, 1.54) is 5.01 Å². The highest BCUT2D eigenvalue weighted by Crippen LogP contribution is 2.07. The average Bonchev–Trinajstić information content (AvgIpc) is 2.19. The Morgan fingerprint density at radius 3 is 2.80 bits per heavy atom. The normalized spacial score (nSPS) is 9.40. The lowest BCUT2D eigenvalue weighted by Crippen LogP contribution is -2.41. The highest BCUT2D eigenvalue weighted by Gasteiger charge is 2.05. The molecule has 4 nitrogen and oxygen atoms in total. The molecule has 1 amide bonds. The summed E-state index contributed by atoms with van der Waals surface area (Å²) in [6.07, 6.45) is 4.52. The fourth-order valence-corrected chi connectivity index (χ4v) is 0.951. The van der Waals surface area contributed by atoms with Crippen molar-refractivity contribution in [3.8, 4) is 18.1 Å². The second-order valence-electron chi connectivity index (χ2n) is 2.87. The first-order valence-electron chi connectivity index (χ1n) is 4.40. The van der Waals surface area contributed by atoms with Gasteiger partial charge in [0.05, 0.1) is 6.54 Å². The number of rotatable bonds is 3. The molecule has 1 N–H and O–H groups in total. The van der Waals surface area contributed by atoms with Crippen LogP contribution in [0.15, 0.2) is 30.3 Å². The summed E-state index contributed by atoms with van der Waals surface area (Å²) in [6.45, 7) is 0.323. The van der Waals surface area contributed by atoms with Crippen LogP contribution in [0.4, 0.5) is 4.79 Å². The molecule has 0 heterocycles. The molecule has 0 spiro atoms. The van der Waals surface area contributed by atoms with E-state index in [2.05, 4.69) is 11.3 Å². The molecule has 0 aliphatic carbocycles. The second kappa shape index (κ2) is 5.68. The number of hydrogen-bond acceptors (Lipinski definition) is 3. The van der Waals surface area contributed by atoms with Gasteiger partial charge in [0.2, 0.25) is 0 Å². The van der Waals surface area contributed by atoms with E-state index in [-0.39, 0.29) is 0 Å². The molecule has 0 atom stereocenters. The maximum absolute atomic E-state index is 11.3. The quantitative estimate of drug-likeness (QED) is 0.595. The van der Waals surface area contributed by atoms with E-state index < -0.39 is 6.09 Å². The molecular formula is C11H12N2O2. The Labute approximate surface area is 88.8 Å². The minimum atomic E-state index is -0.557. The molecule has 0 saturated carbocycles. The van der Waals surface area contributed by atoms with Crippen LogP contribution in [0.25, 0.3) is 0 Å². The molecule has 78 valence electrons. The summed E-state index contributed by atoms with van der Waals surface area (Å²) >= 11 is 0. The molecule has 0 radical (unpaired) electrons. The van der Waals surface area contributed by atoms with Gasteiger partial charge in [0.15, 0.2) is 0 Å². The molecular weight excluding hydrogens is 192 g/mol. The number of amides is 1. The Bertz CT molecular complexity index is 357. The summed E-state index contributed by atoms with van der Waals surface area (Å²) < 4.78 is 4.97. The molecule has 0 aliphatic heterocycles. The van der Waals surface area contributed by atoms with Crippen molar-refractivity contribution in [3.63, 3.8) is 0 Å². The van der Waals surface area contributed by atoms with E-state index in [0.29, 0.717) is 12.3 Å². The van der Waals surface area contributed by atoms with E-state index in [1.807, 2.05) is 6.07 Å². The smallest absolute Gasteiger partial charge is 0.409 e. The predicted octanol–water partition coefficient (Wildman–Crippen LogP) is 1.26. The highest BCUT2D eigenvalue weighted by atomic mass is 16.6. The molecule has 0 unspecified atom stereocenters. The van der Waals surface area contributed by atoms with Crippen LogP contribution in [0.3, 0.4) is 0 Å². The van der Waals surface area contributed by atoms with Gasteiger partial charge in [-0.1, -0.05) is 24.1 Å². The number of carbonyl (C=O) groups excluding carboxylic acids is 1. The number of nitrogens with one attached hydrogen (secondary N) is 1.